The molecule has 0 aliphatic carbocycles. The molecule has 1 heterocycles. The summed E-state index contributed by atoms with van der Waals surface area (Å²) in [6.07, 6.45) is 0.683. The average Bonchev–Trinajstić information content (AvgIpc) is 2.38. The van der Waals surface area contributed by atoms with E-state index < -0.39 is 5.97 Å². The number of esters is 1. The Bertz CT molecular complexity index is 629. The lowest BCUT2D eigenvalue weighted by Gasteiger charge is -2.08. The van der Waals surface area contributed by atoms with Crippen molar-refractivity contribution in [2.75, 3.05) is 7.11 Å². The van der Waals surface area contributed by atoms with Gasteiger partial charge in [-0.1, -0.05) is 30.1 Å². The first-order valence-corrected chi connectivity index (χ1v) is 6.06. The number of rotatable bonds is 2. The normalized spacial score (nSPS) is 10.7. The van der Waals surface area contributed by atoms with Crippen molar-refractivity contribution in [2.45, 2.75) is 13.3 Å². The van der Waals surface area contributed by atoms with Gasteiger partial charge < -0.3 is 4.74 Å². The molecule has 0 atom stereocenters. The van der Waals surface area contributed by atoms with Crippen molar-refractivity contribution >= 4 is 40.2 Å². The largest absolute Gasteiger partial charge is 0.465 e. The van der Waals surface area contributed by atoms with Crippen LogP contribution in [0.4, 0.5) is 0 Å². The molecule has 0 spiro atoms. The molecule has 0 unspecified atom stereocenters. The smallest absolute Gasteiger partial charge is 0.338 e. The van der Waals surface area contributed by atoms with Gasteiger partial charge in [-0.15, -0.1) is 0 Å². The lowest BCUT2D eigenvalue weighted by atomic mass is 10.0. The molecule has 0 amide bonds. The zero-order valence-corrected chi connectivity index (χ0v) is 11.3. The molecular formula is C12H10Cl2N2O2. The van der Waals surface area contributed by atoms with E-state index in [9.17, 15) is 4.79 Å². The van der Waals surface area contributed by atoms with Crippen LogP contribution < -0.4 is 0 Å². The molecule has 0 saturated carbocycles. The van der Waals surface area contributed by atoms with Crippen molar-refractivity contribution in [1.29, 1.82) is 0 Å². The highest BCUT2D eigenvalue weighted by Crippen LogP contribution is 2.24. The molecule has 2 aromatic rings. The Balaban J connectivity index is 2.73. The summed E-state index contributed by atoms with van der Waals surface area (Å²) in [6, 6.07) is 3.39. The molecule has 2 rings (SSSR count). The van der Waals surface area contributed by atoms with Gasteiger partial charge in [-0.2, -0.15) is 0 Å². The van der Waals surface area contributed by atoms with Crippen LogP contribution in [0.5, 0.6) is 0 Å². The minimum Gasteiger partial charge on any atom is -0.465 e. The number of fused-ring (bicyclic) bond motifs is 1. The van der Waals surface area contributed by atoms with Crippen LogP contribution in [-0.2, 0) is 11.2 Å². The highest BCUT2D eigenvalue weighted by Gasteiger charge is 2.14. The summed E-state index contributed by atoms with van der Waals surface area (Å²) in [7, 11) is 1.34. The molecule has 18 heavy (non-hydrogen) atoms. The Kier molecular flexibility index (Phi) is 3.68. The number of aromatic nitrogens is 2. The van der Waals surface area contributed by atoms with Crippen LogP contribution in [0.2, 0.25) is 10.3 Å². The second-order valence-electron chi connectivity index (χ2n) is 3.65. The maximum atomic E-state index is 11.7. The van der Waals surface area contributed by atoms with Crippen LogP contribution in [0.3, 0.4) is 0 Å². The van der Waals surface area contributed by atoms with Crippen LogP contribution in [0.15, 0.2) is 12.1 Å². The van der Waals surface area contributed by atoms with E-state index in [0.29, 0.717) is 23.0 Å². The van der Waals surface area contributed by atoms with Gasteiger partial charge in [0.05, 0.1) is 23.7 Å². The van der Waals surface area contributed by atoms with E-state index in [4.69, 9.17) is 27.9 Å². The zero-order chi connectivity index (χ0) is 13.3. The first-order chi connectivity index (χ1) is 8.56. The molecule has 94 valence electrons. The minimum absolute atomic E-state index is 0.115. The van der Waals surface area contributed by atoms with Crippen molar-refractivity contribution in [3.63, 3.8) is 0 Å². The molecular weight excluding hydrogens is 275 g/mol. The Morgan fingerprint density at radius 3 is 2.28 bits per heavy atom. The van der Waals surface area contributed by atoms with Gasteiger partial charge in [0.25, 0.3) is 0 Å². The number of methoxy groups -OCH3 is 1. The monoisotopic (exact) mass is 284 g/mol. The fourth-order valence-electron chi connectivity index (χ4n) is 1.70. The number of hydrogen-bond donors (Lipinski definition) is 0. The highest BCUT2D eigenvalue weighted by molar-refractivity contribution is 6.40. The Labute approximate surface area is 114 Å². The van der Waals surface area contributed by atoms with E-state index in [2.05, 4.69) is 9.97 Å². The summed E-state index contributed by atoms with van der Waals surface area (Å²) < 4.78 is 4.74. The van der Waals surface area contributed by atoms with E-state index in [1.165, 1.54) is 7.11 Å². The third-order valence-electron chi connectivity index (χ3n) is 2.59. The van der Waals surface area contributed by atoms with Gasteiger partial charge in [0.1, 0.15) is 0 Å². The average molecular weight is 285 g/mol. The van der Waals surface area contributed by atoms with Gasteiger partial charge >= 0.3 is 5.97 Å². The molecule has 0 bridgehead atoms. The number of carbonyl (C=O) groups excluding carboxylic acids is 1. The van der Waals surface area contributed by atoms with E-state index in [0.717, 1.165) is 5.56 Å². The molecule has 4 nitrogen and oxygen atoms in total. The molecule has 0 aliphatic heterocycles. The third-order valence-corrected chi connectivity index (χ3v) is 3.22. The second-order valence-corrected chi connectivity index (χ2v) is 4.36. The predicted octanol–water partition coefficient (Wildman–Crippen LogP) is 3.29. The maximum Gasteiger partial charge on any atom is 0.338 e. The van der Waals surface area contributed by atoms with E-state index in [1.807, 2.05) is 6.92 Å². The van der Waals surface area contributed by atoms with Gasteiger partial charge in [-0.25, -0.2) is 14.8 Å². The van der Waals surface area contributed by atoms with E-state index in [-0.39, 0.29) is 10.3 Å². The molecule has 1 aromatic heterocycles. The van der Waals surface area contributed by atoms with Crippen molar-refractivity contribution < 1.29 is 9.53 Å². The molecule has 0 radical (unpaired) electrons. The Hall–Kier alpha value is -1.39. The SMILES string of the molecule is CCc1cc2nc(Cl)c(Cl)nc2cc1C(=O)OC. The number of hydrogen-bond acceptors (Lipinski definition) is 4. The first-order valence-electron chi connectivity index (χ1n) is 5.30. The standard InChI is InChI=1S/C12H10Cl2N2O2/c1-3-6-4-8-9(5-7(6)12(17)18-2)16-11(14)10(13)15-8/h4-5H,3H2,1-2H3. The molecule has 1 aromatic carbocycles. The summed E-state index contributed by atoms with van der Waals surface area (Å²) in [4.78, 5) is 19.9. The van der Waals surface area contributed by atoms with Crippen molar-refractivity contribution in [1.82, 2.24) is 9.97 Å². The van der Waals surface area contributed by atoms with Gasteiger partial charge in [0.15, 0.2) is 10.3 Å². The summed E-state index contributed by atoms with van der Waals surface area (Å²) in [5.41, 5.74) is 2.43. The topological polar surface area (TPSA) is 52.1 Å². The lowest BCUT2D eigenvalue weighted by molar-refractivity contribution is 0.0599. The van der Waals surface area contributed by atoms with E-state index in [1.54, 1.807) is 12.1 Å². The van der Waals surface area contributed by atoms with E-state index >= 15 is 0 Å². The third kappa shape index (κ3) is 2.26. The lowest BCUT2D eigenvalue weighted by Crippen LogP contribution is -2.06. The number of aryl methyl sites for hydroxylation is 1. The van der Waals surface area contributed by atoms with Crippen LogP contribution in [0, 0.1) is 0 Å². The Morgan fingerprint density at radius 2 is 1.78 bits per heavy atom. The number of benzene rings is 1. The molecule has 0 saturated heterocycles. The van der Waals surface area contributed by atoms with Crippen LogP contribution in [0.1, 0.15) is 22.8 Å². The quantitative estimate of drug-likeness (QED) is 0.794. The number of carbonyl (C=O) groups is 1. The number of ether oxygens (including phenoxy) is 1. The Morgan fingerprint density at radius 1 is 1.22 bits per heavy atom. The molecule has 6 heteroatoms. The number of halogens is 2. The number of nitrogens with zero attached hydrogens (tertiary/aromatic N) is 2. The summed E-state index contributed by atoms with van der Waals surface area (Å²) >= 11 is 11.6. The molecule has 0 fully saturated rings. The van der Waals surface area contributed by atoms with Gasteiger partial charge in [-0.3, -0.25) is 0 Å². The summed E-state index contributed by atoms with van der Waals surface area (Å²) in [6.45, 7) is 1.94. The molecule has 0 N–H and O–H groups in total. The van der Waals surface area contributed by atoms with Gasteiger partial charge in [0, 0.05) is 0 Å². The zero-order valence-electron chi connectivity index (χ0n) is 9.83. The second kappa shape index (κ2) is 5.08. The summed E-state index contributed by atoms with van der Waals surface area (Å²) in [5.74, 6) is -0.401. The predicted molar refractivity (Wildman–Crippen MR) is 70.3 cm³/mol. The highest BCUT2D eigenvalue weighted by atomic mass is 35.5. The maximum absolute atomic E-state index is 11.7. The van der Waals surface area contributed by atoms with Gasteiger partial charge in [-0.05, 0) is 24.1 Å². The van der Waals surface area contributed by atoms with Gasteiger partial charge in [0.2, 0.25) is 0 Å². The van der Waals surface area contributed by atoms with Crippen LogP contribution >= 0.6 is 23.2 Å². The molecule has 0 aliphatic rings. The summed E-state index contributed by atoms with van der Waals surface area (Å²) in [5, 5.41) is 0.265. The van der Waals surface area contributed by atoms with Crippen molar-refractivity contribution in [3.8, 4) is 0 Å². The van der Waals surface area contributed by atoms with Crippen molar-refractivity contribution in [3.05, 3.63) is 33.6 Å². The fourth-order valence-corrected chi connectivity index (χ4v) is 1.96. The van der Waals surface area contributed by atoms with Crippen LogP contribution in [-0.4, -0.2) is 23.0 Å². The first kappa shape index (κ1) is 13.1. The minimum atomic E-state index is -0.401. The van der Waals surface area contributed by atoms with Crippen molar-refractivity contribution in [2.24, 2.45) is 0 Å². The fraction of sp³-hybridized carbons (Fsp3) is 0.250. The van der Waals surface area contributed by atoms with Crippen LogP contribution in [0.25, 0.3) is 11.0 Å².